The van der Waals surface area contributed by atoms with Gasteiger partial charge < -0.3 is 4.84 Å². The maximum Gasteiger partial charge on any atom is 0.133 e. The predicted molar refractivity (Wildman–Crippen MR) is 61.2 cm³/mol. The number of rotatable bonds is 3. The maximum atomic E-state index is 11.5. The molecule has 0 amide bonds. The van der Waals surface area contributed by atoms with Crippen LogP contribution in [0.4, 0.5) is 0 Å². The monoisotopic (exact) mass is 225 g/mol. The number of nitrogens with zero attached hydrogens (tertiary/aromatic N) is 1. The van der Waals surface area contributed by atoms with E-state index in [1.807, 2.05) is 6.92 Å². The highest BCUT2D eigenvalue weighted by Gasteiger charge is 2.37. The zero-order chi connectivity index (χ0) is 12.3. The molecule has 0 bridgehead atoms. The summed E-state index contributed by atoms with van der Waals surface area (Å²) in [6.07, 6.45) is 1.27. The van der Waals surface area contributed by atoms with Crippen molar-refractivity contribution in [2.45, 2.75) is 33.6 Å². The fourth-order valence-electron chi connectivity index (χ4n) is 2.33. The van der Waals surface area contributed by atoms with Crippen LogP contribution in [0.15, 0.2) is 5.16 Å². The van der Waals surface area contributed by atoms with E-state index in [-0.39, 0.29) is 29.3 Å². The van der Waals surface area contributed by atoms with Gasteiger partial charge in [0.1, 0.15) is 18.7 Å². The Morgan fingerprint density at radius 2 is 1.94 bits per heavy atom. The zero-order valence-corrected chi connectivity index (χ0v) is 10.3. The number of hydrogen-bond donors (Lipinski definition) is 0. The van der Waals surface area contributed by atoms with Gasteiger partial charge in [0.15, 0.2) is 0 Å². The average molecular weight is 225 g/mol. The highest BCUT2D eigenvalue weighted by Crippen LogP contribution is 2.33. The number of hydrogen-bond acceptors (Lipinski definition) is 4. The number of ketones is 2. The van der Waals surface area contributed by atoms with Gasteiger partial charge in [-0.15, -0.1) is 0 Å². The minimum atomic E-state index is -0.100. The molecule has 0 aromatic rings. The lowest BCUT2D eigenvalue weighted by atomic mass is 9.71. The fraction of sp³-hybridized carbons (Fsp3) is 0.750. The molecule has 0 radical (unpaired) electrons. The molecule has 4 nitrogen and oxygen atoms in total. The lowest BCUT2D eigenvalue weighted by molar-refractivity contribution is -0.125. The molecule has 1 aliphatic carbocycles. The van der Waals surface area contributed by atoms with Gasteiger partial charge in [-0.1, -0.05) is 12.1 Å². The quantitative estimate of drug-likeness (QED) is 0.688. The van der Waals surface area contributed by atoms with Crippen molar-refractivity contribution in [2.24, 2.45) is 22.9 Å². The first-order valence-corrected chi connectivity index (χ1v) is 5.58. The first-order valence-electron chi connectivity index (χ1n) is 5.58. The van der Waals surface area contributed by atoms with Gasteiger partial charge in [0.2, 0.25) is 0 Å². The van der Waals surface area contributed by atoms with Crippen molar-refractivity contribution < 1.29 is 14.4 Å². The molecule has 0 spiro atoms. The van der Waals surface area contributed by atoms with Crippen molar-refractivity contribution in [3.05, 3.63) is 0 Å². The Kier molecular flexibility index (Phi) is 4.21. The summed E-state index contributed by atoms with van der Waals surface area (Å²) >= 11 is 0. The molecule has 0 aromatic carbocycles. The molecular weight excluding hydrogens is 206 g/mol. The lowest BCUT2D eigenvalue weighted by Crippen LogP contribution is -2.37. The summed E-state index contributed by atoms with van der Waals surface area (Å²) in [6, 6.07) is 0. The van der Waals surface area contributed by atoms with Crippen LogP contribution >= 0.6 is 0 Å². The van der Waals surface area contributed by atoms with Crippen LogP contribution in [0.5, 0.6) is 0 Å². The van der Waals surface area contributed by atoms with Crippen molar-refractivity contribution in [3.63, 3.8) is 0 Å². The van der Waals surface area contributed by atoms with Crippen LogP contribution in [0, 0.1) is 17.8 Å². The van der Waals surface area contributed by atoms with Gasteiger partial charge in [-0.25, -0.2) is 0 Å². The van der Waals surface area contributed by atoms with Crippen molar-refractivity contribution in [3.8, 4) is 0 Å². The Hall–Kier alpha value is -1.19. The molecule has 4 heteroatoms. The first kappa shape index (κ1) is 12.9. The molecule has 3 atom stereocenters. The second-order valence-electron chi connectivity index (χ2n) is 4.52. The van der Waals surface area contributed by atoms with Crippen LogP contribution in [0.3, 0.4) is 0 Å². The average Bonchev–Trinajstić information content (AvgIpc) is 2.20. The second kappa shape index (κ2) is 5.23. The first-order chi connectivity index (χ1) is 7.47. The molecule has 0 aromatic heterocycles. The Balaban J connectivity index is 2.92. The molecule has 0 N–H and O–H groups in total. The van der Waals surface area contributed by atoms with Crippen molar-refractivity contribution in [2.75, 3.05) is 7.11 Å². The number of carbonyl (C=O) groups is 2. The summed E-state index contributed by atoms with van der Waals surface area (Å²) in [5, 5.41) is 3.94. The Morgan fingerprint density at radius 1 is 1.31 bits per heavy atom. The number of oxime groups is 1. The van der Waals surface area contributed by atoms with E-state index < -0.39 is 0 Å². The van der Waals surface area contributed by atoms with E-state index in [0.29, 0.717) is 12.8 Å². The predicted octanol–water partition coefficient (Wildman–Crippen LogP) is 1.83. The van der Waals surface area contributed by atoms with Crippen molar-refractivity contribution in [1.82, 2.24) is 0 Å². The Labute approximate surface area is 96.0 Å². The zero-order valence-electron chi connectivity index (χ0n) is 10.3. The summed E-state index contributed by atoms with van der Waals surface area (Å²) < 4.78 is 0. The van der Waals surface area contributed by atoms with E-state index in [1.54, 1.807) is 13.8 Å². The highest BCUT2D eigenvalue weighted by molar-refractivity contribution is 5.96. The molecule has 0 saturated heterocycles. The Bertz CT molecular complexity index is 322. The maximum absolute atomic E-state index is 11.5. The van der Waals surface area contributed by atoms with Crippen LogP contribution in [0.25, 0.3) is 0 Å². The van der Waals surface area contributed by atoms with Gasteiger partial charge in [-0.05, 0) is 26.7 Å². The topological polar surface area (TPSA) is 55.7 Å². The molecule has 1 rings (SSSR count). The lowest BCUT2D eigenvalue weighted by Gasteiger charge is -2.32. The third-order valence-corrected chi connectivity index (χ3v) is 3.43. The van der Waals surface area contributed by atoms with Gasteiger partial charge in [-0.3, -0.25) is 9.59 Å². The SMILES string of the molecule is CO/N=C1/C[C@@H](C(C)=O)C[C@H](C(C)=O)C1C. The van der Waals surface area contributed by atoms with Gasteiger partial charge >= 0.3 is 0 Å². The van der Waals surface area contributed by atoms with Gasteiger partial charge in [0, 0.05) is 17.8 Å². The number of Topliss-reactive ketones (excluding diaryl/α,β-unsaturated/α-hetero) is 2. The van der Waals surface area contributed by atoms with Crippen LogP contribution in [0.1, 0.15) is 33.6 Å². The van der Waals surface area contributed by atoms with Crippen LogP contribution in [0.2, 0.25) is 0 Å². The molecule has 0 aliphatic heterocycles. The van der Waals surface area contributed by atoms with E-state index in [2.05, 4.69) is 5.16 Å². The van der Waals surface area contributed by atoms with E-state index >= 15 is 0 Å². The molecule has 1 saturated carbocycles. The van der Waals surface area contributed by atoms with E-state index in [4.69, 9.17) is 4.84 Å². The Morgan fingerprint density at radius 3 is 2.38 bits per heavy atom. The van der Waals surface area contributed by atoms with Crippen LogP contribution in [-0.4, -0.2) is 24.4 Å². The fourth-order valence-corrected chi connectivity index (χ4v) is 2.33. The normalized spacial score (nSPS) is 32.5. The van der Waals surface area contributed by atoms with Crippen LogP contribution < -0.4 is 0 Å². The third-order valence-electron chi connectivity index (χ3n) is 3.43. The molecular formula is C12H19NO3. The third kappa shape index (κ3) is 2.68. The summed E-state index contributed by atoms with van der Waals surface area (Å²) in [7, 11) is 1.49. The highest BCUT2D eigenvalue weighted by atomic mass is 16.6. The standard InChI is InChI=1S/C12H19NO3/c1-7-11(9(3)15)5-10(8(2)14)6-12(7)13-16-4/h7,10-11H,5-6H2,1-4H3/b13-12-/t7?,10-,11-/m0/s1. The van der Waals surface area contributed by atoms with E-state index in [9.17, 15) is 9.59 Å². The van der Waals surface area contributed by atoms with E-state index in [0.717, 1.165) is 5.71 Å². The molecule has 1 fully saturated rings. The minimum absolute atomic E-state index is 0.0769. The largest absolute Gasteiger partial charge is 0.399 e. The minimum Gasteiger partial charge on any atom is -0.399 e. The van der Waals surface area contributed by atoms with Gasteiger partial charge in [0.05, 0.1) is 5.71 Å². The van der Waals surface area contributed by atoms with Gasteiger partial charge in [0.25, 0.3) is 0 Å². The molecule has 0 heterocycles. The second-order valence-corrected chi connectivity index (χ2v) is 4.52. The van der Waals surface area contributed by atoms with E-state index in [1.165, 1.54) is 7.11 Å². The summed E-state index contributed by atoms with van der Waals surface area (Å²) in [4.78, 5) is 27.7. The molecule has 1 unspecified atom stereocenters. The molecule has 90 valence electrons. The van der Waals surface area contributed by atoms with Crippen molar-refractivity contribution >= 4 is 17.3 Å². The summed E-state index contributed by atoms with van der Waals surface area (Å²) in [5.74, 6) is 0.146. The molecule has 16 heavy (non-hydrogen) atoms. The van der Waals surface area contributed by atoms with Crippen LogP contribution in [-0.2, 0) is 14.4 Å². The smallest absolute Gasteiger partial charge is 0.133 e. The summed E-state index contributed by atoms with van der Waals surface area (Å²) in [5.41, 5.74) is 0.828. The van der Waals surface area contributed by atoms with Crippen molar-refractivity contribution in [1.29, 1.82) is 0 Å². The number of carbonyl (C=O) groups excluding carboxylic acids is 2. The summed E-state index contributed by atoms with van der Waals surface area (Å²) in [6.45, 7) is 5.12. The molecule has 1 aliphatic rings. The van der Waals surface area contributed by atoms with Gasteiger partial charge in [-0.2, -0.15) is 0 Å².